The highest BCUT2D eigenvalue weighted by Crippen LogP contribution is 2.35. The third-order valence-corrected chi connectivity index (χ3v) is 8.23. The van der Waals surface area contributed by atoms with Crippen LogP contribution in [-0.2, 0) is 21.2 Å². The number of nitriles is 1. The molecule has 30 heavy (non-hydrogen) atoms. The average molecular weight is 435 g/mol. The van der Waals surface area contributed by atoms with Gasteiger partial charge in [0.15, 0.2) is 0 Å². The third-order valence-electron chi connectivity index (χ3n) is 6.93. The molecule has 1 amide bonds. The second-order valence-electron chi connectivity index (χ2n) is 8.99. The molecule has 1 aliphatic carbocycles. The number of benzene rings is 1. The molecular weight excluding hydrogens is 400 g/mol. The van der Waals surface area contributed by atoms with E-state index in [0.717, 1.165) is 37.7 Å². The molecule has 2 bridgehead atoms. The first-order valence-electron chi connectivity index (χ1n) is 10.8. The lowest BCUT2D eigenvalue weighted by atomic mass is 9.89. The molecule has 2 aliphatic heterocycles. The van der Waals surface area contributed by atoms with E-state index in [9.17, 15) is 18.5 Å². The number of carbonyl (C=O) groups excluding carboxylic acids is 1. The van der Waals surface area contributed by atoms with Crippen LogP contribution in [0.15, 0.2) is 24.3 Å². The van der Waals surface area contributed by atoms with Crippen LogP contribution in [0.2, 0.25) is 0 Å². The molecule has 2 saturated heterocycles. The standard InChI is InChI=1S/C22H30N4O3S.2H2/c1-30(28,29)26-10-8-17(9-11-26)16-4-2-15(3-5-16)12-20(14-23)25-22(27)21-18-6-7-19(13-18)24-21;;/h2-5,17-21,24H,6-13H2,1H3,(H,25,27);2*1H/t18-,19?,20-,21-;;/m0../s1. The van der Waals surface area contributed by atoms with E-state index in [1.54, 1.807) is 4.31 Å². The maximum Gasteiger partial charge on any atom is 0.238 e. The van der Waals surface area contributed by atoms with Crippen molar-refractivity contribution in [1.82, 2.24) is 14.9 Å². The molecule has 166 valence electrons. The SMILES string of the molecule is CS(=O)(=O)N1CCC(c2ccc(C[C@@H](C#N)NC(=O)[C@H]3NC4CC[C@H]3C4)cc2)CC1.[HH].[HH]. The quantitative estimate of drug-likeness (QED) is 0.713. The van der Waals surface area contributed by atoms with Crippen LogP contribution in [0.3, 0.4) is 0 Å². The molecule has 2 N–H and O–H groups in total. The molecule has 0 aromatic heterocycles. The third kappa shape index (κ3) is 4.69. The Balaban J connectivity index is 0.00000181. The Morgan fingerprint density at radius 2 is 1.97 bits per heavy atom. The number of piperidine rings is 2. The van der Waals surface area contributed by atoms with Crippen LogP contribution in [0.25, 0.3) is 0 Å². The van der Waals surface area contributed by atoms with Crippen LogP contribution < -0.4 is 10.6 Å². The molecule has 8 heteroatoms. The molecule has 1 aromatic rings. The summed E-state index contributed by atoms with van der Waals surface area (Å²) in [6, 6.07) is 10.2. The van der Waals surface area contributed by atoms with Crippen molar-refractivity contribution in [1.29, 1.82) is 5.26 Å². The van der Waals surface area contributed by atoms with Crippen LogP contribution in [0, 0.1) is 17.2 Å². The molecule has 1 unspecified atom stereocenters. The zero-order chi connectivity index (χ0) is 21.3. The van der Waals surface area contributed by atoms with E-state index < -0.39 is 16.1 Å². The fourth-order valence-electron chi connectivity index (χ4n) is 5.22. The molecular formula is C22H34N4O3S. The zero-order valence-electron chi connectivity index (χ0n) is 17.4. The Labute approximate surface area is 181 Å². The number of amides is 1. The number of rotatable bonds is 6. The number of carbonyl (C=O) groups is 1. The summed E-state index contributed by atoms with van der Waals surface area (Å²) in [7, 11) is -3.11. The van der Waals surface area contributed by atoms with Gasteiger partial charge < -0.3 is 10.6 Å². The van der Waals surface area contributed by atoms with E-state index in [1.165, 1.54) is 11.8 Å². The fraction of sp³-hybridized carbons (Fsp3) is 0.636. The number of sulfonamides is 1. The summed E-state index contributed by atoms with van der Waals surface area (Å²) in [5.74, 6) is 0.707. The zero-order valence-corrected chi connectivity index (χ0v) is 18.2. The summed E-state index contributed by atoms with van der Waals surface area (Å²) < 4.78 is 24.9. The highest BCUT2D eigenvalue weighted by Gasteiger charge is 2.43. The van der Waals surface area contributed by atoms with Crippen LogP contribution in [0.5, 0.6) is 0 Å². The Morgan fingerprint density at radius 3 is 2.50 bits per heavy atom. The van der Waals surface area contributed by atoms with Crippen LogP contribution in [0.4, 0.5) is 0 Å². The summed E-state index contributed by atoms with van der Waals surface area (Å²) in [5, 5.41) is 15.8. The maximum atomic E-state index is 12.6. The number of fused-ring (bicyclic) bond motifs is 2. The van der Waals surface area contributed by atoms with Gasteiger partial charge in [-0.3, -0.25) is 4.79 Å². The van der Waals surface area contributed by atoms with E-state index >= 15 is 0 Å². The Morgan fingerprint density at radius 1 is 1.27 bits per heavy atom. The van der Waals surface area contributed by atoms with Crippen LogP contribution in [0.1, 0.15) is 52.0 Å². The van der Waals surface area contributed by atoms with Gasteiger partial charge in [-0.1, -0.05) is 24.3 Å². The minimum atomic E-state index is -3.11. The van der Waals surface area contributed by atoms with Crippen molar-refractivity contribution in [3.05, 3.63) is 35.4 Å². The first kappa shape index (κ1) is 21.3. The van der Waals surface area contributed by atoms with Gasteiger partial charge >= 0.3 is 0 Å². The second-order valence-corrected chi connectivity index (χ2v) is 11.0. The lowest BCUT2D eigenvalue weighted by molar-refractivity contribution is -0.124. The largest absolute Gasteiger partial charge is 0.339 e. The highest BCUT2D eigenvalue weighted by molar-refractivity contribution is 7.88. The monoisotopic (exact) mass is 434 g/mol. The van der Waals surface area contributed by atoms with Gasteiger partial charge in [0, 0.05) is 28.4 Å². The summed E-state index contributed by atoms with van der Waals surface area (Å²) in [5.41, 5.74) is 2.22. The van der Waals surface area contributed by atoms with Gasteiger partial charge in [-0.2, -0.15) is 5.26 Å². The lowest BCUT2D eigenvalue weighted by Gasteiger charge is -2.30. The molecule has 4 rings (SSSR count). The summed E-state index contributed by atoms with van der Waals surface area (Å²) in [6.45, 7) is 1.12. The maximum absolute atomic E-state index is 12.6. The minimum Gasteiger partial charge on any atom is -0.339 e. The van der Waals surface area contributed by atoms with Crippen molar-refractivity contribution in [3.8, 4) is 6.07 Å². The van der Waals surface area contributed by atoms with Gasteiger partial charge in [-0.05, 0) is 55.1 Å². The topological polar surface area (TPSA) is 102 Å². The van der Waals surface area contributed by atoms with E-state index in [2.05, 4.69) is 28.8 Å². The van der Waals surface area contributed by atoms with Gasteiger partial charge in [-0.25, -0.2) is 12.7 Å². The molecule has 4 atom stereocenters. The Bertz CT molecular complexity index is 927. The molecule has 3 fully saturated rings. The first-order chi connectivity index (χ1) is 14.3. The van der Waals surface area contributed by atoms with Crippen molar-refractivity contribution < 1.29 is 16.1 Å². The number of nitrogens with one attached hydrogen (secondary N) is 2. The van der Waals surface area contributed by atoms with E-state index in [4.69, 9.17) is 0 Å². The van der Waals surface area contributed by atoms with Crippen LogP contribution in [-0.4, -0.2) is 56.1 Å². The number of hydrogen-bond donors (Lipinski definition) is 2. The van der Waals surface area contributed by atoms with Gasteiger partial charge in [-0.15, -0.1) is 0 Å². The molecule has 0 spiro atoms. The summed E-state index contributed by atoms with van der Waals surface area (Å²) in [4.78, 5) is 12.6. The molecule has 3 aliphatic rings. The fourth-order valence-corrected chi connectivity index (χ4v) is 6.10. The predicted molar refractivity (Wildman–Crippen MR) is 118 cm³/mol. The molecule has 7 nitrogen and oxygen atoms in total. The normalized spacial score (nSPS) is 28.2. The summed E-state index contributed by atoms with van der Waals surface area (Å²) in [6.07, 6.45) is 6.70. The van der Waals surface area contributed by atoms with Crippen molar-refractivity contribution in [2.24, 2.45) is 5.92 Å². The van der Waals surface area contributed by atoms with Crippen molar-refractivity contribution >= 4 is 15.9 Å². The smallest absolute Gasteiger partial charge is 0.238 e. The van der Waals surface area contributed by atoms with E-state index in [0.29, 0.717) is 37.4 Å². The molecule has 2 heterocycles. The Hall–Kier alpha value is -1.95. The highest BCUT2D eigenvalue weighted by atomic mass is 32.2. The lowest BCUT2D eigenvalue weighted by Crippen LogP contribution is -2.50. The predicted octanol–water partition coefficient (Wildman–Crippen LogP) is 2.01. The van der Waals surface area contributed by atoms with Crippen LogP contribution >= 0.6 is 0 Å². The second kappa shape index (κ2) is 8.66. The van der Waals surface area contributed by atoms with Gasteiger partial charge in [0.1, 0.15) is 6.04 Å². The Kier molecular flexibility index (Phi) is 6.14. The van der Waals surface area contributed by atoms with Gasteiger partial charge in [0.2, 0.25) is 15.9 Å². The van der Waals surface area contributed by atoms with E-state index in [1.807, 2.05) is 12.1 Å². The van der Waals surface area contributed by atoms with Gasteiger partial charge in [0.25, 0.3) is 0 Å². The molecule has 0 radical (unpaired) electrons. The van der Waals surface area contributed by atoms with Crippen molar-refractivity contribution in [2.75, 3.05) is 19.3 Å². The molecule has 1 saturated carbocycles. The molecule has 1 aromatic carbocycles. The van der Waals surface area contributed by atoms with E-state index in [-0.39, 0.29) is 14.8 Å². The number of nitrogens with zero attached hydrogens (tertiary/aromatic N) is 2. The first-order valence-corrected chi connectivity index (χ1v) is 12.7. The summed E-state index contributed by atoms with van der Waals surface area (Å²) >= 11 is 0. The number of hydrogen-bond acceptors (Lipinski definition) is 5. The van der Waals surface area contributed by atoms with Crippen molar-refractivity contribution in [3.63, 3.8) is 0 Å². The minimum absolute atomic E-state index is 0. The van der Waals surface area contributed by atoms with Crippen molar-refractivity contribution in [2.45, 2.75) is 62.6 Å². The van der Waals surface area contributed by atoms with Gasteiger partial charge in [0.05, 0.1) is 18.4 Å². The average Bonchev–Trinajstić information content (AvgIpc) is 3.37.